The molecule has 2 aliphatic rings. The van der Waals surface area contributed by atoms with Crippen LogP contribution in [0.25, 0.3) is 0 Å². The van der Waals surface area contributed by atoms with Crippen LogP contribution in [0.5, 0.6) is 5.75 Å². The van der Waals surface area contributed by atoms with Gasteiger partial charge in [0.15, 0.2) is 0 Å². The quantitative estimate of drug-likeness (QED) is 0.656. The van der Waals surface area contributed by atoms with E-state index < -0.39 is 10.0 Å². The van der Waals surface area contributed by atoms with Crippen molar-refractivity contribution < 1.29 is 22.7 Å². The van der Waals surface area contributed by atoms with Crippen molar-refractivity contribution in [1.82, 2.24) is 9.21 Å². The molecule has 166 valence electrons. The number of halogens is 1. The van der Waals surface area contributed by atoms with E-state index in [0.29, 0.717) is 36.0 Å². The summed E-state index contributed by atoms with van der Waals surface area (Å²) < 4.78 is 38.6. The van der Waals surface area contributed by atoms with Gasteiger partial charge in [-0.25, -0.2) is 8.42 Å². The Morgan fingerprint density at radius 3 is 2.45 bits per heavy atom. The van der Waals surface area contributed by atoms with Crippen LogP contribution in [0.2, 0.25) is 5.02 Å². The van der Waals surface area contributed by atoms with Crippen molar-refractivity contribution in [3.05, 3.63) is 59.1 Å². The van der Waals surface area contributed by atoms with E-state index in [2.05, 4.69) is 0 Å². The smallest absolute Gasteiger partial charge is 0.257 e. The van der Waals surface area contributed by atoms with E-state index in [1.54, 1.807) is 35.2 Å². The second-order valence-electron chi connectivity index (χ2n) is 7.59. The number of ether oxygens (including phenoxy) is 2. The number of amides is 1. The molecule has 31 heavy (non-hydrogen) atoms. The normalized spacial score (nSPS) is 20.0. The fourth-order valence-corrected chi connectivity index (χ4v) is 5.33. The van der Waals surface area contributed by atoms with Crippen molar-refractivity contribution >= 4 is 27.5 Å². The van der Waals surface area contributed by atoms with Gasteiger partial charge in [-0.15, -0.1) is 0 Å². The molecule has 2 aromatic carbocycles. The van der Waals surface area contributed by atoms with Crippen molar-refractivity contribution in [2.75, 3.05) is 39.4 Å². The molecule has 2 fully saturated rings. The number of carbonyl (C=O) groups is 1. The molecular formula is C22H25ClN2O5S. The molecule has 2 aliphatic heterocycles. The standard InChI is InChI=1S/C22H25ClN2O5S/c23-17-7-9-19(10-8-17)31(27,28)25-13-11-24(12-14-25)22(26)20-5-1-2-6-21(20)30-16-18-4-3-15-29-18/h1-2,5-10,18H,3-4,11-16H2. The summed E-state index contributed by atoms with van der Waals surface area (Å²) >= 11 is 5.86. The van der Waals surface area contributed by atoms with Crippen molar-refractivity contribution in [2.45, 2.75) is 23.8 Å². The number of para-hydroxylation sites is 1. The average molecular weight is 465 g/mol. The highest BCUT2D eigenvalue weighted by Gasteiger charge is 2.31. The summed E-state index contributed by atoms with van der Waals surface area (Å²) in [4.78, 5) is 15.0. The second-order valence-corrected chi connectivity index (χ2v) is 9.97. The molecule has 2 aromatic rings. The monoisotopic (exact) mass is 464 g/mol. The molecule has 0 aliphatic carbocycles. The highest BCUT2D eigenvalue weighted by Crippen LogP contribution is 2.24. The van der Waals surface area contributed by atoms with E-state index >= 15 is 0 Å². The molecule has 2 saturated heterocycles. The van der Waals surface area contributed by atoms with Gasteiger partial charge in [0.2, 0.25) is 10.0 Å². The van der Waals surface area contributed by atoms with Gasteiger partial charge < -0.3 is 14.4 Å². The zero-order chi connectivity index (χ0) is 21.8. The summed E-state index contributed by atoms with van der Waals surface area (Å²) in [6.45, 7) is 2.25. The summed E-state index contributed by atoms with van der Waals surface area (Å²) in [5.41, 5.74) is 0.481. The number of hydrogen-bond acceptors (Lipinski definition) is 5. The molecule has 0 aromatic heterocycles. The zero-order valence-corrected chi connectivity index (χ0v) is 18.6. The lowest BCUT2D eigenvalue weighted by atomic mass is 10.1. The van der Waals surface area contributed by atoms with Gasteiger partial charge in [-0.05, 0) is 49.2 Å². The molecule has 0 spiro atoms. The van der Waals surface area contributed by atoms with Crippen molar-refractivity contribution in [2.24, 2.45) is 0 Å². The maximum absolute atomic E-state index is 13.1. The number of hydrogen-bond donors (Lipinski definition) is 0. The SMILES string of the molecule is O=C(c1ccccc1OCC1CCCO1)N1CCN(S(=O)(=O)c2ccc(Cl)cc2)CC1. The van der Waals surface area contributed by atoms with Crippen molar-refractivity contribution in [1.29, 1.82) is 0 Å². The Bertz CT molecular complexity index is 1010. The fraction of sp³-hybridized carbons (Fsp3) is 0.409. The van der Waals surface area contributed by atoms with Gasteiger partial charge in [-0.3, -0.25) is 4.79 Å². The molecular weight excluding hydrogens is 440 g/mol. The lowest BCUT2D eigenvalue weighted by Gasteiger charge is -2.34. The third-order valence-electron chi connectivity index (χ3n) is 5.54. The number of rotatable bonds is 6. The van der Waals surface area contributed by atoms with Crippen LogP contribution in [-0.4, -0.2) is 69.0 Å². The molecule has 1 amide bonds. The predicted octanol–water partition coefficient (Wildman–Crippen LogP) is 3.04. The van der Waals surface area contributed by atoms with Crippen LogP contribution in [0.4, 0.5) is 0 Å². The number of carbonyl (C=O) groups excluding carboxylic acids is 1. The summed E-state index contributed by atoms with van der Waals surface area (Å²) in [5, 5.41) is 0.481. The topological polar surface area (TPSA) is 76.2 Å². The Morgan fingerprint density at radius 2 is 1.77 bits per heavy atom. The Balaban J connectivity index is 1.40. The third kappa shape index (κ3) is 5.03. The number of piperazine rings is 1. The molecule has 0 N–H and O–H groups in total. The minimum Gasteiger partial charge on any atom is -0.490 e. The van der Waals surface area contributed by atoms with Crippen molar-refractivity contribution in [3.8, 4) is 5.75 Å². The van der Waals surface area contributed by atoms with E-state index in [-0.39, 0.29) is 30.0 Å². The summed E-state index contributed by atoms with van der Waals surface area (Å²) in [6.07, 6.45) is 2.04. The minimum absolute atomic E-state index is 0.0600. The fourth-order valence-electron chi connectivity index (χ4n) is 3.79. The van der Waals surface area contributed by atoms with Crippen LogP contribution < -0.4 is 4.74 Å². The van der Waals surface area contributed by atoms with E-state index in [0.717, 1.165) is 19.4 Å². The summed E-state index contributed by atoms with van der Waals surface area (Å²) in [5.74, 6) is 0.366. The van der Waals surface area contributed by atoms with Crippen LogP contribution in [0.1, 0.15) is 23.2 Å². The molecule has 4 rings (SSSR count). The van der Waals surface area contributed by atoms with Gasteiger partial charge in [-0.1, -0.05) is 23.7 Å². The van der Waals surface area contributed by atoms with Gasteiger partial charge >= 0.3 is 0 Å². The summed E-state index contributed by atoms with van der Waals surface area (Å²) in [7, 11) is -3.62. The van der Waals surface area contributed by atoms with Crippen LogP contribution in [0, 0.1) is 0 Å². The number of sulfonamides is 1. The van der Waals surface area contributed by atoms with Crippen LogP contribution in [0.15, 0.2) is 53.4 Å². The molecule has 1 unspecified atom stereocenters. The lowest BCUT2D eigenvalue weighted by molar-refractivity contribution is 0.0632. The Kier molecular flexibility index (Phi) is 6.81. The third-order valence-corrected chi connectivity index (χ3v) is 7.71. The maximum Gasteiger partial charge on any atom is 0.257 e. The molecule has 0 radical (unpaired) electrons. The number of benzene rings is 2. The molecule has 7 nitrogen and oxygen atoms in total. The van der Waals surface area contributed by atoms with Crippen molar-refractivity contribution in [3.63, 3.8) is 0 Å². The Morgan fingerprint density at radius 1 is 1.06 bits per heavy atom. The Labute approximate surface area is 187 Å². The molecule has 9 heteroatoms. The van der Waals surface area contributed by atoms with E-state index in [1.165, 1.54) is 16.4 Å². The van der Waals surface area contributed by atoms with E-state index in [1.807, 2.05) is 6.07 Å². The van der Waals surface area contributed by atoms with Gasteiger partial charge in [-0.2, -0.15) is 4.31 Å². The first kappa shape index (κ1) is 22.1. The molecule has 2 heterocycles. The van der Waals surface area contributed by atoms with Gasteiger partial charge in [0.1, 0.15) is 12.4 Å². The molecule has 0 bridgehead atoms. The van der Waals surface area contributed by atoms with E-state index in [4.69, 9.17) is 21.1 Å². The first-order chi connectivity index (χ1) is 14.9. The second kappa shape index (κ2) is 9.56. The summed E-state index contributed by atoms with van der Waals surface area (Å²) in [6, 6.07) is 13.3. The number of nitrogens with zero attached hydrogens (tertiary/aromatic N) is 2. The average Bonchev–Trinajstić information content (AvgIpc) is 3.31. The highest BCUT2D eigenvalue weighted by atomic mass is 35.5. The lowest BCUT2D eigenvalue weighted by Crippen LogP contribution is -2.50. The zero-order valence-electron chi connectivity index (χ0n) is 17.1. The Hall–Kier alpha value is -2.13. The first-order valence-corrected chi connectivity index (χ1v) is 12.2. The molecule has 0 saturated carbocycles. The first-order valence-electron chi connectivity index (χ1n) is 10.3. The maximum atomic E-state index is 13.1. The minimum atomic E-state index is -3.62. The largest absolute Gasteiger partial charge is 0.490 e. The van der Waals surface area contributed by atoms with E-state index in [9.17, 15) is 13.2 Å². The van der Waals surface area contributed by atoms with Gasteiger partial charge in [0.05, 0.1) is 16.6 Å². The van der Waals surface area contributed by atoms with Gasteiger partial charge in [0, 0.05) is 37.8 Å². The van der Waals surface area contributed by atoms with Gasteiger partial charge in [0.25, 0.3) is 5.91 Å². The van der Waals surface area contributed by atoms with Crippen LogP contribution >= 0.6 is 11.6 Å². The highest BCUT2D eigenvalue weighted by molar-refractivity contribution is 7.89. The molecule has 1 atom stereocenters. The van der Waals surface area contributed by atoms with Crippen LogP contribution in [0.3, 0.4) is 0 Å². The van der Waals surface area contributed by atoms with Crippen LogP contribution in [-0.2, 0) is 14.8 Å². The predicted molar refractivity (Wildman–Crippen MR) is 117 cm³/mol.